The summed E-state index contributed by atoms with van der Waals surface area (Å²) in [4.78, 5) is 19.3. The lowest BCUT2D eigenvalue weighted by atomic mass is 9.74. The molecular weight excluding hydrogens is 382 g/mol. The van der Waals surface area contributed by atoms with E-state index >= 15 is 0 Å². The molecule has 0 unspecified atom stereocenters. The van der Waals surface area contributed by atoms with E-state index in [-0.39, 0.29) is 12.0 Å². The zero-order valence-electron chi connectivity index (χ0n) is 17.8. The van der Waals surface area contributed by atoms with Crippen molar-refractivity contribution in [1.29, 1.82) is 0 Å². The highest BCUT2D eigenvalue weighted by Crippen LogP contribution is 2.41. The Balaban J connectivity index is 1.80. The van der Waals surface area contributed by atoms with E-state index in [1.165, 1.54) is 0 Å². The van der Waals surface area contributed by atoms with Crippen molar-refractivity contribution in [3.63, 3.8) is 0 Å². The number of pyridine rings is 1. The number of hydrogen-bond donors (Lipinski definition) is 2. The molecule has 2 aromatic rings. The first kappa shape index (κ1) is 20.6. The van der Waals surface area contributed by atoms with Crippen LogP contribution in [-0.2, 0) is 21.4 Å². The number of ether oxygens (including phenoxy) is 2. The normalized spacial score (nSPS) is 17.9. The second kappa shape index (κ2) is 7.89. The lowest BCUT2D eigenvalue weighted by molar-refractivity contribution is 0.0253. The second-order valence-electron chi connectivity index (χ2n) is 8.99. The van der Waals surface area contributed by atoms with Crippen LogP contribution in [-0.4, -0.2) is 41.6 Å². The van der Waals surface area contributed by atoms with Gasteiger partial charge in [0, 0.05) is 30.4 Å². The van der Waals surface area contributed by atoms with Crippen LogP contribution in [0.2, 0.25) is 0 Å². The smallest absolute Gasteiger partial charge is 0.415 e. The van der Waals surface area contributed by atoms with Crippen molar-refractivity contribution in [2.24, 2.45) is 0 Å². The van der Waals surface area contributed by atoms with E-state index in [9.17, 15) is 9.90 Å². The summed E-state index contributed by atoms with van der Waals surface area (Å²) in [5.41, 5.74) is 2.43. The molecule has 2 N–H and O–H groups in total. The van der Waals surface area contributed by atoms with Crippen LogP contribution in [0.25, 0.3) is 0 Å². The molecule has 30 heavy (non-hydrogen) atoms. The predicted octanol–water partition coefficient (Wildman–Crippen LogP) is 4.12. The lowest BCUT2D eigenvalue weighted by Gasteiger charge is -2.37. The van der Waals surface area contributed by atoms with Crippen molar-refractivity contribution >= 4 is 23.3 Å². The summed E-state index contributed by atoms with van der Waals surface area (Å²) < 4.78 is 11.2. The summed E-state index contributed by atoms with van der Waals surface area (Å²) in [5.74, 6) is 0.723. The van der Waals surface area contributed by atoms with Crippen molar-refractivity contribution in [2.75, 3.05) is 30.0 Å². The SMILES string of the molecule is CC(C)(C)OC(=O)N1Cc2cccnc2Nc2ccc(C3(CO)CCOCC3)cc21. The molecule has 4 rings (SSSR count). The molecule has 2 aliphatic heterocycles. The van der Waals surface area contributed by atoms with E-state index in [1.807, 2.05) is 51.1 Å². The van der Waals surface area contributed by atoms with Gasteiger partial charge in [0.1, 0.15) is 11.4 Å². The van der Waals surface area contributed by atoms with Gasteiger partial charge in [-0.1, -0.05) is 12.1 Å². The summed E-state index contributed by atoms with van der Waals surface area (Å²) in [6.45, 7) is 7.18. The quantitative estimate of drug-likeness (QED) is 0.773. The fourth-order valence-electron chi connectivity index (χ4n) is 4.03. The summed E-state index contributed by atoms with van der Waals surface area (Å²) >= 11 is 0. The highest BCUT2D eigenvalue weighted by Gasteiger charge is 2.36. The molecule has 0 spiro atoms. The first-order valence-electron chi connectivity index (χ1n) is 10.4. The van der Waals surface area contributed by atoms with Crippen molar-refractivity contribution < 1.29 is 19.4 Å². The topological polar surface area (TPSA) is 83.9 Å². The summed E-state index contributed by atoms with van der Waals surface area (Å²) in [7, 11) is 0. The minimum atomic E-state index is -0.612. The highest BCUT2D eigenvalue weighted by atomic mass is 16.6. The van der Waals surface area contributed by atoms with Gasteiger partial charge in [0.25, 0.3) is 0 Å². The molecule has 7 heteroatoms. The number of hydrogen-bond acceptors (Lipinski definition) is 6. The molecule has 3 heterocycles. The van der Waals surface area contributed by atoms with Crippen LogP contribution in [0, 0.1) is 0 Å². The number of amides is 1. The molecule has 1 fully saturated rings. The lowest BCUT2D eigenvalue weighted by Crippen LogP contribution is -2.38. The molecule has 1 amide bonds. The molecule has 0 radical (unpaired) electrons. The van der Waals surface area contributed by atoms with E-state index in [2.05, 4.69) is 10.3 Å². The van der Waals surface area contributed by atoms with Crippen LogP contribution in [0.15, 0.2) is 36.5 Å². The Morgan fingerprint density at radius 1 is 1.30 bits per heavy atom. The Bertz CT molecular complexity index is 932. The van der Waals surface area contributed by atoms with Gasteiger partial charge in [-0.25, -0.2) is 9.78 Å². The minimum absolute atomic E-state index is 0.0385. The molecule has 0 aliphatic carbocycles. The molecule has 0 bridgehead atoms. The monoisotopic (exact) mass is 411 g/mol. The number of anilines is 3. The third-order valence-corrected chi connectivity index (χ3v) is 5.74. The maximum Gasteiger partial charge on any atom is 0.415 e. The van der Waals surface area contributed by atoms with Crippen molar-refractivity contribution in [3.8, 4) is 0 Å². The number of fused-ring (bicyclic) bond motifs is 2. The van der Waals surface area contributed by atoms with Gasteiger partial charge in [-0.2, -0.15) is 0 Å². The summed E-state index contributed by atoms with van der Waals surface area (Å²) in [5, 5.41) is 13.6. The number of rotatable bonds is 2. The Morgan fingerprint density at radius 2 is 2.07 bits per heavy atom. The highest BCUT2D eigenvalue weighted by molar-refractivity contribution is 5.94. The fourth-order valence-corrected chi connectivity index (χ4v) is 4.03. The van der Waals surface area contributed by atoms with E-state index in [1.54, 1.807) is 11.1 Å². The number of aliphatic hydroxyl groups is 1. The maximum atomic E-state index is 13.2. The molecular formula is C23H29N3O4. The molecule has 7 nitrogen and oxygen atoms in total. The van der Waals surface area contributed by atoms with Gasteiger partial charge in [-0.3, -0.25) is 4.90 Å². The number of aromatic nitrogens is 1. The van der Waals surface area contributed by atoms with Gasteiger partial charge >= 0.3 is 6.09 Å². The fraction of sp³-hybridized carbons (Fsp3) is 0.478. The standard InChI is InChI=1S/C23H29N3O4/c1-22(2,3)30-21(28)26-14-16-5-4-10-24-20(16)25-18-7-6-17(13-19(18)26)23(15-27)8-11-29-12-9-23/h4-7,10,13,27H,8-9,11-12,14-15H2,1-3H3,(H,24,25). The number of benzene rings is 1. The largest absolute Gasteiger partial charge is 0.443 e. The third kappa shape index (κ3) is 4.00. The Kier molecular flexibility index (Phi) is 5.42. The van der Waals surface area contributed by atoms with Crippen LogP contribution in [0.1, 0.15) is 44.7 Å². The van der Waals surface area contributed by atoms with Crippen molar-refractivity contribution in [3.05, 3.63) is 47.7 Å². The van der Waals surface area contributed by atoms with E-state index in [4.69, 9.17) is 9.47 Å². The van der Waals surface area contributed by atoms with Gasteiger partial charge in [-0.15, -0.1) is 0 Å². The average molecular weight is 412 g/mol. The van der Waals surface area contributed by atoms with Crippen LogP contribution >= 0.6 is 0 Å². The number of nitrogens with one attached hydrogen (secondary N) is 1. The predicted molar refractivity (Wildman–Crippen MR) is 115 cm³/mol. The van der Waals surface area contributed by atoms with Crippen LogP contribution < -0.4 is 10.2 Å². The van der Waals surface area contributed by atoms with Gasteiger partial charge in [0.05, 0.1) is 24.5 Å². The number of nitrogens with zero attached hydrogens (tertiary/aromatic N) is 2. The Hall–Kier alpha value is -2.64. The average Bonchev–Trinajstić information content (AvgIpc) is 2.89. The van der Waals surface area contributed by atoms with Crippen LogP contribution in [0.3, 0.4) is 0 Å². The maximum absolute atomic E-state index is 13.2. The van der Waals surface area contributed by atoms with Crippen molar-refractivity contribution in [1.82, 2.24) is 4.98 Å². The zero-order chi connectivity index (χ0) is 21.4. The molecule has 1 aromatic heterocycles. The second-order valence-corrected chi connectivity index (χ2v) is 8.99. The zero-order valence-corrected chi connectivity index (χ0v) is 17.8. The van der Waals surface area contributed by atoms with Crippen molar-refractivity contribution in [2.45, 2.75) is 51.2 Å². The Labute approximate surface area is 177 Å². The van der Waals surface area contributed by atoms with E-state index in [0.717, 1.165) is 41.2 Å². The molecule has 1 saturated heterocycles. The van der Waals surface area contributed by atoms with E-state index in [0.29, 0.717) is 19.8 Å². The van der Waals surface area contributed by atoms with Crippen LogP contribution in [0.5, 0.6) is 0 Å². The first-order chi connectivity index (χ1) is 14.3. The summed E-state index contributed by atoms with van der Waals surface area (Å²) in [6.07, 6.45) is 2.80. The van der Waals surface area contributed by atoms with Gasteiger partial charge in [0.15, 0.2) is 0 Å². The number of carbonyl (C=O) groups excluding carboxylic acids is 1. The summed E-state index contributed by atoms with van der Waals surface area (Å²) in [6, 6.07) is 9.79. The van der Waals surface area contributed by atoms with E-state index < -0.39 is 11.7 Å². The molecule has 2 aliphatic rings. The molecule has 160 valence electrons. The van der Waals surface area contributed by atoms with Gasteiger partial charge in [-0.05, 0) is 57.4 Å². The third-order valence-electron chi connectivity index (χ3n) is 5.74. The van der Waals surface area contributed by atoms with Gasteiger partial charge in [0.2, 0.25) is 0 Å². The van der Waals surface area contributed by atoms with Gasteiger partial charge < -0.3 is 19.9 Å². The molecule has 1 aromatic carbocycles. The number of aliphatic hydroxyl groups excluding tert-OH is 1. The Morgan fingerprint density at radius 3 is 2.77 bits per heavy atom. The minimum Gasteiger partial charge on any atom is -0.443 e. The molecule has 0 saturated carbocycles. The molecule has 0 atom stereocenters. The van der Waals surface area contributed by atoms with Crippen LogP contribution in [0.4, 0.5) is 22.0 Å². The first-order valence-corrected chi connectivity index (χ1v) is 10.4. The number of carbonyl (C=O) groups is 1.